The Morgan fingerprint density at radius 3 is 2.79 bits per heavy atom. The van der Waals surface area contributed by atoms with Gasteiger partial charge in [0.15, 0.2) is 0 Å². The molecule has 0 aliphatic heterocycles. The van der Waals surface area contributed by atoms with Crippen molar-refractivity contribution in [2.24, 2.45) is 0 Å². The molecule has 0 saturated heterocycles. The first-order valence-electron chi connectivity index (χ1n) is 6.14. The molecule has 0 fully saturated rings. The summed E-state index contributed by atoms with van der Waals surface area (Å²) < 4.78 is 18.8. The van der Waals surface area contributed by atoms with Crippen molar-refractivity contribution in [3.63, 3.8) is 0 Å². The molecule has 2 aromatic rings. The molecule has 3 nitrogen and oxygen atoms in total. The van der Waals surface area contributed by atoms with Crippen molar-refractivity contribution in [2.45, 2.75) is 12.5 Å². The molecule has 1 aromatic heterocycles. The number of hydrogen-bond donors (Lipinski definition) is 1. The van der Waals surface area contributed by atoms with E-state index in [-0.39, 0.29) is 11.9 Å². The van der Waals surface area contributed by atoms with Crippen molar-refractivity contribution in [3.05, 3.63) is 59.7 Å². The van der Waals surface area contributed by atoms with E-state index in [0.29, 0.717) is 17.7 Å². The minimum absolute atomic E-state index is 0.000463. The number of likely N-dealkylation sites (N-methyl/N-ethyl adjacent to an activating group) is 1. The van der Waals surface area contributed by atoms with Crippen molar-refractivity contribution in [1.82, 2.24) is 10.3 Å². The Labute approximate surface area is 112 Å². The summed E-state index contributed by atoms with van der Waals surface area (Å²) in [5.41, 5.74) is 1.66. The van der Waals surface area contributed by atoms with Gasteiger partial charge < -0.3 is 10.1 Å². The Morgan fingerprint density at radius 2 is 2.11 bits per heavy atom. The van der Waals surface area contributed by atoms with E-state index in [0.717, 1.165) is 5.56 Å². The first-order valence-corrected chi connectivity index (χ1v) is 6.14. The lowest BCUT2D eigenvalue weighted by molar-refractivity contribution is 0.411. The van der Waals surface area contributed by atoms with Crippen LogP contribution in [0.1, 0.15) is 17.2 Å². The Morgan fingerprint density at radius 1 is 1.32 bits per heavy atom. The molecule has 0 radical (unpaired) electrons. The largest absolute Gasteiger partial charge is 0.495 e. The minimum Gasteiger partial charge on any atom is -0.495 e. The summed E-state index contributed by atoms with van der Waals surface area (Å²) in [6, 6.07) is 8.73. The van der Waals surface area contributed by atoms with Crippen LogP contribution in [0.25, 0.3) is 0 Å². The van der Waals surface area contributed by atoms with Crippen LogP contribution in [0.3, 0.4) is 0 Å². The fourth-order valence-electron chi connectivity index (χ4n) is 2.01. The van der Waals surface area contributed by atoms with E-state index in [9.17, 15) is 4.39 Å². The summed E-state index contributed by atoms with van der Waals surface area (Å²) in [5.74, 6) is 0.518. The van der Waals surface area contributed by atoms with E-state index in [1.807, 2.05) is 19.2 Å². The molecule has 2 rings (SSSR count). The predicted molar refractivity (Wildman–Crippen MR) is 72.7 cm³/mol. The molecule has 1 N–H and O–H groups in total. The zero-order valence-electron chi connectivity index (χ0n) is 11.1. The number of benzene rings is 1. The van der Waals surface area contributed by atoms with Crippen molar-refractivity contribution in [1.29, 1.82) is 0 Å². The number of nitrogens with zero attached hydrogens (tertiary/aromatic N) is 1. The predicted octanol–water partition coefficient (Wildman–Crippen LogP) is 2.73. The highest BCUT2D eigenvalue weighted by Gasteiger charge is 2.13. The van der Waals surface area contributed by atoms with Gasteiger partial charge >= 0.3 is 0 Å². The summed E-state index contributed by atoms with van der Waals surface area (Å²) in [4.78, 5) is 4.13. The fourth-order valence-corrected chi connectivity index (χ4v) is 2.01. The molecule has 1 atom stereocenters. The zero-order valence-corrected chi connectivity index (χ0v) is 11.1. The monoisotopic (exact) mass is 260 g/mol. The van der Waals surface area contributed by atoms with E-state index in [4.69, 9.17) is 4.74 Å². The third-order valence-corrected chi connectivity index (χ3v) is 3.10. The maximum atomic E-state index is 13.7. The van der Waals surface area contributed by atoms with Gasteiger partial charge in [0.05, 0.1) is 13.3 Å². The number of halogens is 1. The van der Waals surface area contributed by atoms with Gasteiger partial charge in [0.2, 0.25) is 0 Å². The Bertz CT molecular complexity index is 545. The summed E-state index contributed by atoms with van der Waals surface area (Å²) in [6.45, 7) is 0. The van der Waals surface area contributed by atoms with Crippen LogP contribution in [-0.4, -0.2) is 19.1 Å². The lowest BCUT2D eigenvalue weighted by Gasteiger charge is -2.17. The lowest BCUT2D eigenvalue weighted by Crippen LogP contribution is -2.19. The number of ether oxygens (including phenoxy) is 1. The second-order valence-electron chi connectivity index (χ2n) is 4.29. The van der Waals surface area contributed by atoms with Crippen molar-refractivity contribution >= 4 is 0 Å². The van der Waals surface area contributed by atoms with Crippen LogP contribution < -0.4 is 10.1 Å². The average Bonchev–Trinajstić information content (AvgIpc) is 2.46. The smallest absolute Gasteiger partial charge is 0.137 e. The number of nitrogens with one attached hydrogen (secondary N) is 1. The quantitative estimate of drug-likeness (QED) is 0.897. The van der Waals surface area contributed by atoms with Crippen molar-refractivity contribution < 1.29 is 9.13 Å². The Balaban J connectivity index is 2.22. The second kappa shape index (κ2) is 6.29. The van der Waals surface area contributed by atoms with Crippen LogP contribution in [0, 0.1) is 5.82 Å². The van der Waals surface area contributed by atoms with E-state index < -0.39 is 0 Å². The normalized spacial score (nSPS) is 12.2. The van der Waals surface area contributed by atoms with Crippen LogP contribution in [-0.2, 0) is 6.42 Å². The summed E-state index contributed by atoms with van der Waals surface area (Å²) in [5, 5.41) is 3.18. The number of aromatic nitrogens is 1. The minimum atomic E-state index is -0.182. The van der Waals surface area contributed by atoms with Crippen LogP contribution in [0.4, 0.5) is 4.39 Å². The Kier molecular flexibility index (Phi) is 4.47. The van der Waals surface area contributed by atoms with E-state index >= 15 is 0 Å². The van der Waals surface area contributed by atoms with Gasteiger partial charge in [-0.05, 0) is 36.7 Å². The summed E-state index contributed by atoms with van der Waals surface area (Å²) in [6.07, 6.45) is 3.99. The van der Waals surface area contributed by atoms with Crippen LogP contribution >= 0.6 is 0 Å². The van der Waals surface area contributed by atoms with Gasteiger partial charge in [-0.15, -0.1) is 0 Å². The number of methoxy groups -OCH3 is 1. The average molecular weight is 260 g/mol. The molecule has 4 heteroatoms. The SMILES string of the molecule is CNC(Cc1ccccc1F)c1cncc(OC)c1. The molecule has 1 heterocycles. The number of rotatable bonds is 5. The molecule has 1 unspecified atom stereocenters. The van der Waals surface area contributed by atoms with E-state index in [1.54, 1.807) is 31.6 Å². The molecule has 0 aliphatic carbocycles. The molecule has 0 bridgehead atoms. The standard InChI is InChI=1S/C15H17FN2O/c1-17-15(8-11-5-3-4-6-14(11)16)12-7-13(19-2)10-18-9-12/h3-7,9-10,15,17H,8H2,1-2H3. The van der Waals surface area contributed by atoms with Gasteiger partial charge in [0.25, 0.3) is 0 Å². The van der Waals surface area contributed by atoms with Crippen molar-refractivity contribution in [2.75, 3.05) is 14.2 Å². The highest BCUT2D eigenvalue weighted by Crippen LogP contribution is 2.22. The van der Waals surface area contributed by atoms with Crippen LogP contribution in [0.2, 0.25) is 0 Å². The molecule has 1 aromatic carbocycles. The molecule has 19 heavy (non-hydrogen) atoms. The number of pyridine rings is 1. The molecule has 0 amide bonds. The van der Waals surface area contributed by atoms with Crippen LogP contribution in [0.15, 0.2) is 42.7 Å². The third-order valence-electron chi connectivity index (χ3n) is 3.10. The van der Waals surface area contributed by atoms with E-state index in [1.165, 1.54) is 6.07 Å². The molecule has 0 spiro atoms. The molecule has 100 valence electrons. The Hall–Kier alpha value is -1.94. The fraction of sp³-hybridized carbons (Fsp3) is 0.267. The lowest BCUT2D eigenvalue weighted by atomic mass is 10.00. The van der Waals surface area contributed by atoms with Gasteiger partial charge in [-0.2, -0.15) is 0 Å². The molecular weight excluding hydrogens is 243 g/mol. The number of hydrogen-bond acceptors (Lipinski definition) is 3. The highest BCUT2D eigenvalue weighted by atomic mass is 19.1. The maximum Gasteiger partial charge on any atom is 0.137 e. The molecule has 0 aliphatic rings. The highest BCUT2D eigenvalue weighted by molar-refractivity contribution is 5.28. The zero-order chi connectivity index (χ0) is 13.7. The van der Waals surface area contributed by atoms with Gasteiger partial charge in [-0.1, -0.05) is 18.2 Å². The van der Waals surface area contributed by atoms with E-state index in [2.05, 4.69) is 10.3 Å². The first-order chi connectivity index (χ1) is 9.24. The van der Waals surface area contributed by atoms with Crippen molar-refractivity contribution in [3.8, 4) is 5.75 Å². The van der Waals surface area contributed by atoms with Gasteiger partial charge in [0.1, 0.15) is 11.6 Å². The summed E-state index contributed by atoms with van der Waals surface area (Å²) >= 11 is 0. The topological polar surface area (TPSA) is 34.2 Å². The first kappa shape index (κ1) is 13.5. The van der Waals surface area contributed by atoms with Crippen LogP contribution in [0.5, 0.6) is 5.75 Å². The maximum absolute atomic E-state index is 13.7. The summed E-state index contributed by atoms with van der Waals surface area (Å²) in [7, 11) is 3.46. The van der Waals surface area contributed by atoms with Gasteiger partial charge in [0, 0.05) is 12.2 Å². The molecule has 0 saturated carbocycles. The molecular formula is C15H17FN2O. The van der Waals surface area contributed by atoms with Gasteiger partial charge in [-0.3, -0.25) is 4.98 Å². The third kappa shape index (κ3) is 3.29. The second-order valence-corrected chi connectivity index (χ2v) is 4.29. The van der Waals surface area contributed by atoms with Gasteiger partial charge in [-0.25, -0.2) is 4.39 Å².